The van der Waals surface area contributed by atoms with Gasteiger partial charge in [0.2, 0.25) is 11.8 Å². The second-order valence-electron chi connectivity index (χ2n) is 8.09. The number of aliphatic hydroxyl groups excluding tert-OH is 1. The third-order valence-corrected chi connectivity index (χ3v) is 6.51. The van der Waals surface area contributed by atoms with Crippen LogP contribution in [0, 0.1) is 12.8 Å². The Labute approximate surface area is 181 Å². The monoisotopic (exact) mass is 430 g/mol. The van der Waals surface area contributed by atoms with Crippen molar-refractivity contribution in [1.82, 2.24) is 20.5 Å². The minimum atomic E-state index is -0.684. The van der Waals surface area contributed by atoms with Gasteiger partial charge < -0.3 is 20.6 Å². The van der Waals surface area contributed by atoms with E-state index in [1.54, 1.807) is 18.4 Å². The van der Waals surface area contributed by atoms with E-state index in [4.69, 9.17) is 0 Å². The molecule has 1 aromatic heterocycles. The SMILES string of the molecule is CNC(C(=O)N1CC(O)CC1C(=O)NCc1ccc(-c2scnc2C)cc1)C(C)C. The highest BCUT2D eigenvalue weighted by molar-refractivity contribution is 7.13. The summed E-state index contributed by atoms with van der Waals surface area (Å²) in [5.41, 5.74) is 4.92. The second-order valence-corrected chi connectivity index (χ2v) is 8.94. The number of β-amino-alcohol motifs (C(OH)–C–C–N with tert-alkyl or cyclic N) is 1. The van der Waals surface area contributed by atoms with Crippen LogP contribution in [0.5, 0.6) is 0 Å². The van der Waals surface area contributed by atoms with Gasteiger partial charge in [-0.2, -0.15) is 0 Å². The number of carbonyl (C=O) groups excluding carboxylic acids is 2. The Morgan fingerprint density at radius 1 is 1.30 bits per heavy atom. The lowest BCUT2D eigenvalue weighted by Gasteiger charge is -2.29. The Bertz CT molecular complexity index is 881. The van der Waals surface area contributed by atoms with Crippen LogP contribution in [0.15, 0.2) is 29.8 Å². The predicted molar refractivity (Wildman–Crippen MR) is 118 cm³/mol. The lowest BCUT2D eigenvalue weighted by atomic mass is 10.0. The Balaban J connectivity index is 1.63. The van der Waals surface area contributed by atoms with Crippen molar-refractivity contribution in [2.75, 3.05) is 13.6 Å². The zero-order valence-electron chi connectivity index (χ0n) is 17.9. The molecule has 0 aliphatic carbocycles. The van der Waals surface area contributed by atoms with E-state index < -0.39 is 12.1 Å². The van der Waals surface area contributed by atoms with Gasteiger partial charge in [-0.25, -0.2) is 4.98 Å². The number of aromatic nitrogens is 1. The molecule has 1 aromatic carbocycles. The Kier molecular flexibility index (Phi) is 7.23. The molecule has 30 heavy (non-hydrogen) atoms. The highest BCUT2D eigenvalue weighted by Gasteiger charge is 2.41. The van der Waals surface area contributed by atoms with E-state index >= 15 is 0 Å². The van der Waals surface area contributed by atoms with Crippen LogP contribution in [0.25, 0.3) is 10.4 Å². The first kappa shape index (κ1) is 22.4. The number of rotatable bonds is 7. The van der Waals surface area contributed by atoms with E-state index in [9.17, 15) is 14.7 Å². The summed E-state index contributed by atoms with van der Waals surface area (Å²) in [5.74, 6) is -0.293. The van der Waals surface area contributed by atoms with Gasteiger partial charge in [0.05, 0.1) is 28.2 Å². The van der Waals surface area contributed by atoms with E-state index in [1.807, 2.05) is 50.5 Å². The maximum absolute atomic E-state index is 12.9. The van der Waals surface area contributed by atoms with Crippen LogP contribution in [0.3, 0.4) is 0 Å². The number of thiazole rings is 1. The van der Waals surface area contributed by atoms with E-state index in [0.717, 1.165) is 21.7 Å². The first-order chi connectivity index (χ1) is 14.3. The van der Waals surface area contributed by atoms with Gasteiger partial charge in [0, 0.05) is 19.5 Å². The normalized spacial score (nSPS) is 19.9. The molecule has 3 atom stereocenters. The lowest BCUT2D eigenvalue weighted by molar-refractivity contribution is -0.140. The van der Waals surface area contributed by atoms with Crippen molar-refractivity contribution in [2.45, 2.75) is 51.9 Å². The number of hydrogen-bond donors (Lipinski definition) is 3. The van der Waals surface area contributed by atoms with Crippen molar-refractivity contribution in [3.63, 3.8) is 0 Å². The minimum Gasteiger partial charge on any atom is -0.391 e. The second kappa shape index (κ2) is 9.68. The number of benzene rings is 1. The van der Waals surface area contributed by atoms with Gasteiger partial charge in [-0.15, -0.1) is 11.3 Å². The first-order valence-corrected chi connectivity index (χ1v) is 11.1. The third-order valence-electron chi connectivity index (χ3n) is 5.54. The fourth-order valence-electron chi connectivity index (χ4n) is 3.89. The van der Waals surface area contributed by atoms with Crippen LogP contribution in [-0.2, 0) is 16.1 Å². The number of nitrogens with zero attached hydrogens (tertiary/aromatic N) is 2. The molecule has 3 rings (SSSR count). The van der Waals surface area contributed by atoms with Crippen LogP contribution < -0.4 is 10.6 Å². The molecule has 7 nitrogen and oxygen atoms in total. The van der Waals surface area contributed by atoms with Crippen molar-refractivity contribution in [2.24, 2.45) is 5.92 Å². The van der Waals surface area contributed by atoms with Crippen molar-refractivity contribution >= 4 is 23.2 Å². The molecule has 2 aromatic rings. The topological polar surface area (TPSA) is 94.6 Å². The molecule has 1 saturated heterocycles. The largest absolute Gasteiger partial charge is 0.391 e. The molecule has 0 bridgehead atoms. The summed E-state index contributed by atoms with van der Waals surface area (Å²) in [6, 6.07) is 6.98. The highest BCUT2D eigenvalue weighted by atomic mass is 32.1. The minimum absolute atomic E-state index is 0.0876. The number of likely N-dealkylation sites (tertiary alicyclic amines) is 1. The lowest BCUT2D eigenvalue weighted by Crippen LogP contribution is -2.53. The molecule has 0 radical (unpaired) electrons. The van der Waals surface area contributed by atoms with Gasteiger partial charge in [-0.1, -0.05) is 38.1 Å². The van der Waals surface area contributed by atoms with Gasteiger partial charge in [-0.3, -0.25) is 9.59 Å². The zero-order chi connectivity index (χ0) is 21.8. The standard InChI is InChI=1S/C22H30N4O3S/c1-13(2)19(23-4)22(29)26-11-17(27)9-18(26)21(28)24-10-15-5-7-16(8-6-15)20-14(3)25-12-30-20/h5-8,12-13,17-19,23,27H,9-11H2,1-4H3,(H,24,28). The molecular weight excluding hydrogens is 400 g/mol. The molecule has 162 valence electrons. The van der Waals surface area contributed by atoms with Crippen molar-refractivity contribution in [3.8, 4) is 10.4 Å². The Morgan fingerprint density at radius 2 is 2.00 bits per heavy atom. The number of aliphatic hydroxyl groups is 1. The Morgan fingerprint density at radius 3 is 2.57 bits per heavy atom. The summed E-state index contributed by atoms with van der Waals surface area (Å²) in [4.78, 5) is 32.6. The summed E-state index contributed by atoms with van der Waals surface area (Å²) in [6.07, 6.45) is -0.424. The van der Waals surface area contributed by atoms with E-state index in [2.05, 4.69) is 15.6 Å². The maximum Gasteiger partial charge on any atom is 0.243 e. The van der Waals surface area contributed by atoms with Crippen LogP contribution in [0.4, 0.5) is 0 Å². The van der Waals surface area contributed by atoms with Crippen molar-refractivity contribution in [3.05, 3.63) is 41.0 Å². The van der Waals surface area contributed by atoms with Gasteiger partial charge in [-0.05, 0) is 31.0 Å². The average Bonchev–Trinajstić information content (AvgIpc) is 3.32. The smallest absolute Gasteiger partial charge is 0.243 e. The first-order valence-electron chi connectivity index (χ1n) is 10.2. The molecule has 3 N–H and O–H groups in total. The quantitative estimate of drug-likeness (QED) is 0.624. The molecule has 3 unspecified atom stereocenters. The zero-order valence-corrected chi connectivity index (χ0v) is 18.7. The van der Waals surface area contributed by atoms with Gasteiger partial charge in [0.25, 0.3) is 0 Å². The summed E-state index contributed by atoms with van der Waals surface area (Å²) >= 11 is 1.61. The average molecular weight is 431 g/mol. The predicted octanol–water partition coefficient (Wildman–Crippen LogP) is 1.94. The number of hydrogen-bond acceptors (Lipinski definition) is 6. The number of carbonyl (C=O) groups is 2. The van der Waals surface area contributed by atoms with E-state index in [-0.39, 0.29) is 36.7 Å². The molecule has 2 amide bonds. The van der Waals surface area contributed by atoms with Crippen LogP contribution in [0.2, 0.25) is 0 Å². The summed E-state index contributed by atoms with van der Waals surface area (Å²) in [5, 5.41) is 16.0. The van der Waals surface area contributed by atoms with Gasteiger partial charge in [0.15, 0.2) is 0 Å². The van der Waals surface area contributed by atoms with Crippen molar-refractivity contribution in [1.29, 1.82) is 0 Å². The van der Waals surface area contributed by atoms with Crippen LogP contribution in [0.1, 0.15) is 31.5 Å². The fourth-order valence-corrected chi connectivity index (χ4v) is 4.70. The fraction of sp³-hybridized carbons (Fsp3) is 0.500. The number of likely N-dealkylation sites (N-methyl/N-ethyl adjacent to an activating group) is 1. The molecule has 8 heteroatoms. The van der Waals surface area contributed by atoms with E-state index in [1.165, 1.54) is 4.90 Å². The third kappa shape index (κ3) is 4.88. The molecule has 1 aliphatic heterocycles. The summed E-state index contributed by atoms with van der Waals surface area (Å²) < 4.78 is 0. The molecule has 2 heterocycles. The maximum atomic E-state index is 12.9. The van der Waals surface area contributed by atoms with Gasteiger partial charge in [0.1, 0.15) is 6.04 Å². The van der Waals surface area contributed by atoms with Gasteiger partial charge >= 0.3 is 0 Å². The van der Waals surface area contributed by atoms with Crippen molar-refractivity contribution < 1.29 is 14.7 Å². The summed E-state index contributed by atoms with van der Waals surface area (Å²) in [6.45, 7) is 6.46. The summed E-state index contributed by atoms with van der Waals surface area (Å²) in [7, 11) is 1.74. The molecule has 0 saturated carbocycles. The van der Waals surface area contributed by atoms with E-state index in [0.29, 0.717) is 6.54 Å². The van der Waals surface area contributed by atoms with Crippen LogP contribution in [-0.4, -0.2) is 58.6 Å². The Hall–Kier alpha value is -2.29. The molecule has 1 fully saturated rings. The number of nitrogens with one attached hydrogen (secondary N) is 2. The number of amides is 2. The molecular formula is C22H30N4O3S. The molecule has 1 aliphatic rings. The number of aryl methyl sites for hydroxylation is 1. The highest BCUT2D eigenvalue weighted by Crippen LogP contribution is 2.27. The van der Waals surface area contributed by atoms with Crippen LogP contribution >= 0.6 is 11.3 Å². The molecule has 0 spiro atoms.